The molecule has 0 heterocycles. The van der Waals surface area contributed by atoms with E-state index < -0.39 is 17.4 Å². The van der Waals surface area contributed by atoms with Crippen LogP contribution in [0, 0.1) is 0 Å². The molecule has 0 bridgehead atoms. The number of allylic oxidation sites excluding steroid dienone is 8. The molecular weight excluding hydrogens is 575 g/mol. The van der Waals surface area contributed by atoms with Crippen molar-refractivity contribution < 1.29 is 17.4 Å². The monoisotopic (exact) mass is 604 g/mol. The van der Waals surface area contributed by atoms with Gasteiger partial charge in [-0.05, 0) is 0 Å². The summed E-state index contributed by atoms with van der Waals surface area (Å²) in [5.74, 6) is 0. The Morgan fingerprint density at radius 3 is 1.39 bits per heavy atom. The molecule has 0 radical (unpaired) electrons. The van der Waals surface area contributed by atoms with Gasteiger partial charge in [-0.25, -0.2) is 0 Å². The molecule has 4 heteroatoms. The fraction of sp³-hybridized carbons (Fsp3) is 0.125. The topological polar surface area (TPSA) is 0 Å². The first-order valence-corrected chi connectivity index (χ1v) is 25.5. The van der Waals surface area contributed by atoms with Crippen LogP contribution in [0.1, 0.15) is 24.0 Å². The predicted octanol–water partition coefficient (Wildman–Crippen LogP) is 9.21. The van der Waals surface area contributed by atoms with Gasteiger partial charge in [0.15, 0.2) is 0 Å². The SMILES string of the molecule is Cl.Cl.[CH3][Zr]([CH3])(=[SiH2])([C]1=CC(c2cccc3ccccc23)=CC1)[C]1=CC(c2cccc3ccccc23)=CC1. The van der Waals surface area contributed by atoms with E-state index in [9.17, 15) is 0 Å². The summed E-state index contributed by atoms with van der Waals surface area (Å²) in [6.07, 6.45) is 12.2. The fourth-order valence-corrected chi connectivity index (χ4v) is 16.4. The van der Waals surface area contributed by atoms with E-state index in [4.69, 9.17) is 0 Å². The summed E-state index contributed by atoms with van der Waals surface area (Å²) >= 11 is -3.24. The van der Waals surface area contributed by atoms with E-state index in [0.29, 0.717) is 0 Å². The second-order valence-electron chi connectivity index (χ2n) is 10.8. The van der Waals surface area contributed by atoms with Crippen LogP contribution in [-0.4, -0.2) is 6.88 Å². The van der Waals surface area contributed by atoms with Gasteiger partial charge in [0.2, 0.25) is 0 Å². The maximum atomic E-state index is 2.64. The van der Waals surface area contributed by atoms with Crippen molar-refractivity contribution in [2.45, 2.75) is 22.1 Å². The number of halogens is 2. The summed E-state index contributed by atoms with van der Waals surface area (Å²) in [4.78, 5) is 0. The van der Waals surface area contributed by atoms with E-state index in [-0.39, 0.29) is 24.8 Å². The number of rotatable bonds is 4. The second-order valence-corrected chi connectivity index (χ2v) is 39.7. The molecule has 2 aliphatic rings. The first kappa shape index (κ1) is 27.1. The molecule has 2 aliphatic carbocycles. The van der Waals surface area contributed by atoms with Crippen LogP contribution in [0.25, 0.3) is 32.7 Å². The van der Waals surface area contributed by atoms with Crippen molar-refractivity contribution in [3.63, 3.8) is 0 Å². The minimum absolute atomic E-state index is 0. The van der Waals surface area contributed by atoms with Gasteiger partial charge >= 0.3 is 206 Å². The molecule has 0 aliphatic heterocycles. The molecule has 182 valence electrons. The van der Waals surface area contributed by atoms with Gasteiger partial charge in [0.1, 0.15) is 0 Å². The first-order valence-electron chi connectivity index (χ1n) is 12.3. The van der Waals surface area contributed by atoms with E-state index in [0.717, 1.165) is 12.8 Å². The molecule has 0 saturated heterocycles. The summed E-state index contributed by atoms with van der Waals surface area (Å²) in [6, 6.07) is 30.9. The molecule has 0 fully saturated rings. The molecule has 0 unspecified atom stereocenters. The molecular formula is C32H32Cl2SiZr. The summed E-state index contributed by atoms with van der Waals surface area (Å²) in [5, 5.41) is 5.35. The number of fused-ring (bicyclic) bond motifs is 2. The van der Waals surface area contributed by atoms with Crippen LogP contribution in [0.5, 0.6) is 0 Å². The number of hydrogen-bond donors (Lipinski definition) is 0. The van der Waals surface area contributed by atoms with Crippen LogP contribution in [-0.2, 0) is 17.4 Å². The van der Waals surface area contributed by atoms with Gasteiger partial charge in [0.25, 0.3) is 0 Å². The van der Waals surface area contributed by atoms with Gasteiger partial charge in [-0.2, -0.15) is 0 Å². The zero-order valence-corrected chi connectivity index (χ0v) is 26.3. The Kier molecular flexibility index (Phi) is 7.58. The fourth-order valence-electron chi connectivity index (χ4n) is 5.70. The van der Waals surface area contributed by atoms with Crippen molar-refractivity contribution in [1.29, 1.82) is 0 Å². The molecule has 0 amide bonds. The minimum atomic E-state index is -3.24. The Balaban J connectivity index is 0.00000152. The van der Waals surface area contributed by atoms with Gasteiger partial charge < -0.3 is 0 Å². The third-order valence-electron chi connectivity index (χ3n) is 8.00. The molecule has 0 saturated carbocycles. The van der Waals surface area contributed by atoms with Crippen molar-refractivity contribution in [3.8, 4) is 0 Å². The van der Waals surface area contributed by atoms with Crippen LogP contribution in [0.4, 0.5) is 0 Å². The Bertz CT molecular complexity index is 1550. The summed E-state index contributed by atoms with van der Waals surface area (Å²) in [6.45, 7) is 2.35. The maximum absolute atomic E-state index is 3.24. The molecule has 4 aromatic rings. The zero-order chi connectivity index (χ0) is 23.4. The Morgan fingerprint density at radius 1 is 0.556 bits per heavy atom. The van der Waals surface area contributed by atoms with Crippen molar-refractivity contribution in [3.05, 3.63) is 127 Å². The van der Waals surface area contributed by atoms with E-state index >= 15 is 0 Å². The van der Waals surface area contributed by atoms with Crippen LogP contribution < -0.4 is 0 Å². The van der Waals surface area contributed by atoms with Crippen LogP contribution in [0.2, 0.25) is 9.26 Å². The average molecular weight is 607 g/mol. The zero-order valence-electron chi connectivity index (χ0n) is 20.8. The molecule has 0 atom stereocenters. The average Bonchev–Trinajstić information content (AvgIpc) is 3.55. The van der Waals surface area contributed by atoms with Crippen LogP contribution in [0.3, 0.4) is 0 Å². The van der Waals surface area contributed by atoms with Crippen LogP contribution >= 0.6 is 24.8 Å². The van der Waals surface area contributed by atoms with E-state index in [1.54, 1.807) is 6.56 Å². The Hall–Kier alpha value is -1.96. The molecule has 6 rings (SSSR count). The molecule has 4 aromatic carbocycles. The Morgan fingerprint density at radius 2 is 0.944 bits per heavy atom. The van der Waals surface area contributed by atoms with Gasteiger partial charge in [-0.15, -0.1) is 24.8 Å². The number of hydrogen-bond acceptors (Lipinski definition) is 0. The summed E-state index contributed by atoms with van der Waals surface area (Å²) < 4.78 is 8.69. The quantitative estimate of drug-likeness (QED) is 0.203. The molecule has 0 spiro atoms. The van der Waals surface area contributed by atoms with Gasteiger partial charge in [0.05, 0.1) is 0 Å². The molecule has 0 nitrogen and oxygen atoms in total. The standard InChI is InChI=1S/2C15H11.2CH3.2ClH.H2Si.Zr/c2*1-2-7-12(6-1)15-11-5-9-13-8-3-4-10-14(13)15;;;;;;/h2*3-11H,1H2;2*1H3;2*1H;1H2;. The van der Waals surface area contributed by atoms with E-state index in [1.165, 1.54) is 43.8 Å². The van der Waals surface area contributed by atoms with E-state index in [1.807, 2.05) is 0 Å². The van der Waals surface area contributed by atoms with Crippen LogP contribution in [0.15, 0.2) is 116 Å². The molecule has 36 heavy (non-hydrogen) atoms. The van der Waals surface area contributed by atoms with Crippen molar-refractivity contribution in [1.82, 2.24) is 0 Å². The Labute approximate surface area is 229 Å². The van der Waals surface area contributed by atoms with Crippen molar-refractivity contribution in [2.24, 2.45) is 0 Å². The van der Waals surface area contributed by atoms with Gasteiger partial charge in [-0.3, -0.25) is 0 Å². The molecule has 0 N–H and O–H groups in total. The molecule has 0 aromatic heterocycles. The van der Waals surface area contributed by atoms with Crippen molar-refractivity contribution in [2.75, 3.05) is 0 Å². The van der Waals surface area contributed by atoms with Gasteiger partial charge in [-0.1, -0.05) is 0 Å². The summed E-state index contributed by atoms with van der Waals surface area (Å²) in [7, 11) is 0. The third kappa shape index (κ3) is 4.59. The third-order valence-corrected chi connectivity index (χ3v) is 25.2. The number of benzene rings is 4. The summed E-state index contributed by atoms with van der Waals surface area (Å²) in [5.41, 5.74) is 5.56. The first-order chi connectivity index (χ1) is 16.4. The van der Waals surface area contributed by atoms with Gasteiger partial charge in [0, 0.05) is 0 Å². The van der Waals surface area contributed by atoms with Crippen molar-refractivity contribution >= 4 is 64.4 Å². The predicted molar refractivity (Wildman–Crippen MR) is 164 cm³/mol. The normalized spacial score (nSPS) is 15.5. The van der Waals surface area contributed by atoms with E-state index in [2.05, 4.69) is 125 Å². The second kappa shape index (κ2) is 10.1.